The zero-order valence-electron chi connectivity index (χ0n) is 9.74. The predicted octanol–water partition coefficient (Wildman–Crippen LogP) is 3.52. The third-order valence-corrected chi connectivity index (χ3v) is 2.74. The smallest absolute Gasteiger partial charge is 0.211 e. The van der Waals surface area contributed by atoms with Crippen LogP contribution in [0.15, 0.2) is 23.2 Å². The molecule has 0 aliphatic rings. The number of rotatable bonds is 3. The van der Waals surface area contributed by atoms with Crippen LogP contribution in [0, 0.1) is 6.92 Å². The van der Waals surface area contributed by atoms with Crippen LogP contribution in [0.4, 0.5) is 0 Å². The maximum Gasteiger partial charge on any atom is 0.235 e. The lowest BCUT2D eigenvalue weighted by molar-refractivity contribution is 0.559. The molecule has 1 aromatic rings. The molecule has 0 aromatic heterocycles. The van der Waals surface area contributed by atoms with Gasteiger partial charge < -0.3 is 0 Å². The van der Waals surface area contributed by atoms with Gasteiger partial charge >= 0.3 is 0 Å². The minimum absolute atomic E-state index is 0.0961. The summed E-state index contributed by atoms with van der Waals surface area (Å²) in [6.45, 7) is 8.33. The summed E-state index contributed by atoms with van der Waals surface area (Å²) in [6.07, 6.45) is 1.62. The largest absolute Gasteiger partial charge is 0.235 e. The first-order chi connectivity index (χ1) is 7.07. The Bertz CT molecular complexity index is 390. The van der Waals surface area contributed by atoms with Crippen LogP contribution in [0.3, 0.4) is 0 Å². The normalized spacial score (nSPS) is 12.3. The van der Waals surface area contributed by atoms with Crippen LogP contribution in [0.2, 0.25) is 0 Å². The van der Waals surface area contributed by atoms with Crippen molar-refractivity contribution >= 4 is 6.08 Å². The Kier molecular flexibility index (Phi) is 3.81. The molecule has 1 rings (SSSR count). The van der Waals surface area contributed by atoms with E-state index in [1.807, 2.05) is 19.1 Å². The summed E-state index contributed by atoms with van der Waals surface area (Å²) in [7, 11) is 0. The van der Waals surface area contributed by atoms with Crippen LogP contribution >= 0.6 is 0 Å². The molecule has 15 heavy (non-hydrogen) atoms. The Labute approximate surface area is 91.0 Å². The lowest BCUT2D eigenvalue weighted by Crippen LogP contribution is -1.99. The summed E-state index contributed by atoms with van der Waals surface area (Å²) in [5.74, 6) is 0.498. The van der Waals surface area contributed by atoms with E-state index < -0.39 is 0 Å². The van der Waals surface area contributed by atoms with Crippen molar-refractivity contribution in [2.75, 3.05) is 0 Å². The molecular formula is C13H17NO. The number of carbonyl (C=O) groups excluding carboxylic acids is 1. The van der Waals surface area contributed by atoms with Gasteiger partial charge in [-0.3, -0.25) is 0 Å². The van der Waals surface area contributed by atoms with Crippen molar-refractivity contribution in [2.45, 2.75) is 39.7 Å². The quantitative estimate of drug-likeness (QED) is 0.546. The molecule has 0 amide bonds. The highest BCUT2D eigenvalue weighted by atomic mass is 16.1. The monoisotopic (exact) mass is 203 g/mol. The van der Waals surface area contributed by atoms with Gasteiger partial charge in [0.2, 0.25) is 6.08 Å². The molecule has 1 atom stereocenters. The SMILES string of the molecule is Cc1c(C(C)C)cccc1C(C)N=C=O. The second-order valence-electron chi connectivity index (χ2n) is 4.11. The van der Waals surface area contributed by atoms with Crippen molar-refractivity contribution in [3.8, 4) is 0 Å². The third kappa shape index (κ3) is 2.54. The number of nitrogens with zero attached hydrogens (tertiary/aromatic N) is 1. The fourth-order valence-corrected chi connectivity index (χ4v) is 1.90. The van der Waals surface area contributed by atoms with E-state index in [2.05, 4.69) is 31.8 Å². The standard InChI is InChI=1S/C13H17NO/c1-9(2)12-6-5-7-13(10(12)3)11(4)14-8-15/h5-7,9,11H,1-4H3. The number of isocyanates is 1. The molecule has 0 aliphatic carbocycles. The first kappa shape index (κ1) is 11.7. The highest BCUT2D eigenvalue weighted by Gasteiger charge is 2.11. The van der Waals surface area contributed by atoms with Gasteiger partial charge in [-0.2, -0.15) is 4.99 Å². The number of hydrogen-bond acceptors (Lipinski definition) is 2. The van der Waals surface area contributed by atoms with Crippen molar-refractivity contribution in [1.29, 1.82) is 0 Å². The number of aliphatic imine (C=N–C) groups is 1. The van der Waals surface area contributed by atoms with Crippen LogP contribution in [0.25, 0.3) is 0 Å². The maximum absolute atomic E-state index is 10.2. The van der Waals surface area contributed by atoms with Gasteiger partial charge in [-0.1, -0.05) is 32.0 Å². The van der Waals surface area contributed by atoms with Crippen molar-refractivity contribution in [3.05, 3.63) is 34.9 Å². The lowest BCUT2D eigenvalue weighted by Gasteiger charge is -2.15. The van der Waals surface area contributed by atoms with Gasteiger partial charge in [-0.25, -0.2) is 4.79 Å². The van der Waals surface area contributed by atoms with Gasteiger partial charge in [0.1, 0.15) is 0 Å². The summed E-state index contributed by atoms with van der Waals surface area (Å²) in [5.41, 5.74) is 3.67. The van der Waals surface area contributed by atoms with Gasteiger partial charge in [-0.05, 0) is 36.5 Å². The Balaban J connectivity index is 3.20. The average molecular weight is 203 g/mol. The summed E-state index contributed by atoms with van der Waals surface area (Å²) >= 11 is 0. The first-order valence-electron chi connectivity index (χ1n) is 5.24. The van der Waals surface area contributed by atoms with Gasteiger partial charge in [0, 0.05) is 0 Å². The third-order valence-electron chi connectivity index (χ3n) is 2.74. The highest BCUT2D eigenvalue weighted by Crippen LogP contribution is 2.27. The summed E-state index contributed by atoms with van der Waals surface area (Å²) in [6, 6.07) is 6.07. The topological polar surface area (TPSA) is 29.4 Å². The van der Waals surface area contributed by atoms with E-state index in [1.54, 1.807) is 6.08 Å². The van der Waals surface area contributed by atoms with E-state index in [4.69, 9.17) is 0 Å². The Morgan fingerprint density at radius 3 is 2.33 bits per heavy atom. The molecule has 0 saturated heterocycles. The van der Waals surface area contributed by atoms with Crippen LogP contribution in [-0.4, -0.2) is 6.08 Å². The summed E-state index contributed by atoms with van der Waals surface area (Å²) < 4.78 is 0. The molecule has 0 fully saturated rings. The second-order valence-corrected chi connectivity index (χ2v) is 4.11. The molecule has 2 nitrogen and oxygen atoms in total. The minimum Gasteiger partial charge on any atom is -0.211 e. The van der Waals surface area contributed by atoms with Crippen LogP contribution in [0.5, 0.6) is 0 Å². The molecule has 0 spiro atoms. The molecule has 0 aliphatic heterocycles. The van der Waals surface area contributed by atoms with Crippen LogP contribution in [-0.2, 0) is 4.79 Å². The number of benzene rings is 1. The van der Waals surface area contributed by atoms with Gasteiger partial charge in [0.15, 0.2) is 0 Å². The van der Waals surface area contributed by atoms with Gasteiger partial charge in [0.25, 0.3) is 0 Å². The van der Waals surface area contributed by atoms with Crippen LogP contribution in [0.1, 0.15) is 49.4 Å². The fraction of sp³-hybridized carbons (Fsp3) is 0.462. The van der Waals surface area contributed by atoms with E-state index in [1.165, 1.54) is 11.1 Å². The van der Waals surface area contributed by atoms with E-state index >= 15 is 0 Å². The Morgan fingerprint density at radius 1 is 1.20 bits per heavy atom. The van der Waals surface area contributed by atoms with Gasteiger partial charge in [0.05, 0.1) is 6.04 Å². The summed E-state index contributed by atoms with van der Waals surface area (Å²) in [4.78, 5) is 14.0. The summed E-state index contributed by atoms with van der Waals surface area (Å²) in [5, 5.41) is 0. The van der Waals surface area contributed by atoms with E-state index in [0.29, 0.717) is 5.92 Å². The molecule has 0 saturated carbocycles. The second kappa shape index (κ2) is 4.90. The highest BCUT2D eigenvalue weighted by molar-refractivity contribution is 5.40. The molecule has 0 radical (unpaired) electrons. The predicted molar refractivity (Wildman–Crippen MR) is 61.8 cm³/mol. The molecule has 0 heterocycles. The molecular weight excluding hydrogens is 186 g/mol. The molecule has 1 unspecified atom stereocenters. The zero-order chi connectivity index (χ0) is 11.4. The molecule has 80 valence electrons. The zero-order valence-corrected chi connectivity index (χ0v) is 9.74. The molecule has 0 N–H and O–H groups in total. The van der Waals surface area contributed by atoms with Crippen molar-refractivity contribution in [2.24, 2.45) is 4.99 Å². The molecule has 0 bridgehead atoms. The number of hydrogen-bond donors (Lipinski definition) is 0. The van der Waals surface area contributed by atoms with Crippen molar-refractivity contribution in [3.63, 3.8) is 0 Å². The van der Waals surface area contributed by atoms with E-state index in [0.717, 1.165) is 5.56 Å². The van der Waals surface area contributed by atoms with Crippen LogP contribution < -0.4 is 0 Å². The average Bonchev–Trinajstić information content (AvgIpc) is 2.17. The Hall–Kier alpha value is -1.40. The fourth-order valence-electron chi connectivity index (χ4n) is 1.90. The first-order valence-corrected chi connectivity index (χ1v) is 5.24. The van der Waals surface area contributed by atoms with E-state index in [-0.39, 0.29) is 6.04 Å². The van der Waals surface area contributed by atoms with Gasteiger partial charge in [-0.15, -0.1) is 0 Å². The van der Waals surface area contributed by atoms with Crippen molar-refractivity contribution in [1.82, 2.24) is 0 Å². The minimum atomic E-state index is -0.0961. The maximum atomic E-state index is 10.2. The molecule has 2 heteroatoms. The van der Waals surface area contributed by atoms with Crippen molar-refractivity contribution < 1.29 is 4.79 Å². The molecule has 1 aromatic carbocycles. The van der Waals surface area contributed by atoms with E-state index in [9.17, 15) is 4.79 Å². The lowest BCUT2D eigenvalue weighted by atomic mass is 9.92. The Morgan fingerprint density at radius 2 is 1.80 bits per heavy atom.